The molecule has 2 heterocycles. The van der Waals surface area contributed by atoms with E-state index in [9.17, 15) is 9.18 Å². The van der Waals surface area contributed by atoms with Gasteiger partial charge in [0.15, 0.2) is 12.1 Å². The second-order valence-corrected chi connectivity index (χ2v) is 3.24. The quantitative estimate of drug-likeness (QED) is 0.739. The van der Waals surface area contributed by atoms with Gasteiger partial charge in [0.05, 0.1) is 23.6 Å². The Bertz CT molecular complexity index is 522. The number of imidazole rings is 1. The molecule has 0 atom stereocenters. The summed E-state index contributed by atoms with van der Waals surface area (Å²) in [6, 6.07) is 0. The number of halogens is 1. The second-order valence-electron chi connectivity index (χ2n) is 3.24. The number of hydrogen-bond donors (Lipinski definition) is 0. The maximum atomic E-state index is 13.4. The van der Waals surface area contributed by atoms with Gasteiger partial charge in [-0.3, -0.25) is 9.78 Å². The van der Waals surface area contributed by atoms with Crippen molar-refractivity contribution in [2.75, 3.05) is 0 Å². The maximum Gasteiger partial charge on any atom is 0.155 e. The first-order chi connectivity index (χ1) is 7.77. The lowest BCUT2D eigenvalue weighted by atomic mass is 10.2. The lowest BCUT2D eigenvalue weighted by Crippen LogP contribution is -2.05. The van der Waals surface area contributed by atoms with Gasteiger partial charge >= 0.3 is 0 Å². The zero-order valence-electron chi connectivity index (χ0n) is 8.72. The van der Waals surface area contributed by atoms with Crippen molar-refractivity contribution in [1.82, 2.24) is 14.5 Å². The van der Waals surface area contributed by atoms with E-state index in [2.05, 4.69) is 9.97 Å². The van der Waals surface area contributed by atoms with Crippen LogP contribution in [-0.4, -0.2) is 20.8 Å². The molecule has 4 nitrogen and oxygen atoms in total. The molecular formula is C11H10FN3O. The highest BCUT2D eigenvalue weighted by Crippen LogP contribution is 2.16. The Kier molecular flexibility index (Phi) is 2.76. The number of pyridine rings is 1. The summed E-state index contributed by atoms with van der Waals surface area (Å²) in [6.07, 6.45) is 6.96. The van der Waals surface area contributed by atoms with E-state index in [4.69, 9.17) is 0 Å². The summed E-state index contributed by atoms with van der Waals surface area (Å²) >= 11 is 0. The van der Waals surface area contributed by atoms with Crippen LogP contribution in [0.25, 0.3) is 5.69 Å². The Hall–Kier alpha value is -2.04. The molecule has 0 bridgehead atoms. The van der Waals surface area contributed by atoms with Gasteiger partial charge < -0.3 is 4.57 Å². The maximum absolute atomic E-state index is 13.4. The van der Waals surface area contributed by atoms with Crippen LogP contribution in [0.2, 0.25) is 0 Å². The minimum atomic E-state index is -0.622. The van der Waals surface area contributed by atoms with Gasteiger partial charge in [0.25, 0.3) is 0 Å². The molecule has 0 aliphatic heterocycles. The first-order valence-electron chi connectivity index (χ1n) is 4.89. The summed E-state index contributed by atoms with van der Waals surface area (Å²) in [6.45, 7) is 1.94. The molecule has 0 radical (unpaired) electrons. The topological polar surface area (TPSA) is 47.8 Å². The number of rotatable bonds is 3. The third-order valence-electron chi connectivity index (χ3n) is 2.33. The summed E-state index contributed by atoms with van der Waals surface area (Å²) in [7, 11) is 0. The van der Waals surface area contributed by atoms with Crippen LogP contribution in [0.1, 0.15) is 23.1 Å². The van der Waals surface area contributed by atoms with Crippen molar-refractivity contribution < 1.29 is 9.18 Å². The van der Waals surface area contributed by atoms with Crippen LogP contribution in [0.5, 0.6) is 0 Å². The molecule has 0 aliphatic carbocycles. The van der Waals surface area contributed by atoms with Gasteiger partial charge in [0.2, 0.25) is 0 Å². The highest BCUT2D eigenvalue weighted by Gasteiger charge is 2.12. The summed E-state index contributed by atoms with van der Waals surface area (Å²) in [5.41, 5.74) is 0.423. The summed E-state index contributed by atoms with van der Waals surface area (Å²) < 4.78 is 15.0. The molecule has 0 saturated heterocycles. The zero-order valence-corrected chi connectivity index (χ0v) is 8.72. The van der Waals surface area contributed by atoms with Crippen molar-refractivity contribution in [1.29, 1.82) is 0 Å². The minimum Gasteiger partial charge on any atom is -0.301 e. The van der Waals surface area contributed by atoms with Crippen molar-refractivity contribution in [3.63, 3.8) is 0 Å². The predicted molar refractivity (Wildman–Crippen MR) is 56.1 cm³/mol. The Morgan fingerprint density at radius 3 is 3.00 bits per heavy atom. The number of carbonyl (C=O) groups is 1. The fourth-order valence-electron chi connectivity index (χ4n) is 1.56. The fraction of sp³-hybridized carbons (Fsp3) is 0.182. The normalized spacial score (nSPS) is 10.4. The van der Waals surface area contributed by atoms with Crippen molar-refractivity contribution >= 4 is 6.29 Å². The van der Waals surface area contributed by atoms with Crippen LogP contribution in [-0.2, 0) is 6.42 Å². The summed E-state index contributed by atoms with van der Waals surface area (Å²) in [5.74, 6) is 0.138. The number of nitrogens with zero attached hydrogens (tertiary/aromatic N) is 3. The molecule has 0 aliphatic rings. The van der Waals surface area contributed by atoms with Crippen LogP contribution in [0.4, 0.5) is 4.39 Å². The molecule has 0 aromatic carbocycles. The molecule has 0 saturated carbocycles. The summed E-state index contributed by atoms with van der Waals surface area (Å²) in [4.78, 5) is 18.7. The van der Waals surface area contributed by atoms with E-state index in [1.807, 2.05) is 6.92 Å². The average Bonchev–Trinajstić information content (AvgIpc) is 2.76. The molecule has 0 amide bonds. The zero-order chi connectivity index (χ0) is 11.5. The molecule has 0 fully saturated rings. The van der Waals surface area contributed by atoms with Gasteiger partial charge in [0.1, 0.15) is 5.82 Å². The first-order valence-corrected chi connectivity index (χ1v) is 4.89. The fourth-order valence-corrected chi connectivity index (χ4v) is 1.56. The number of aldehydes is 1. The Balaban J connectivity index is 2.64. The van der Waals surface area contributed by atoms with Crippen molar-refractivity contribution in [2.24, 2.45) is 0 Å². The van der Waals surface area contributed by atoms with E-state index in [1.165, 1.54) is 6.20 Å². The van der Waals surface area contributed by atoms with Crippen LogP contribution >= 0.6 is 0 Å². The lowest BCUT2D eigenvalue weighted by Gasteiger charge is -2.08. The van der Waals surface area contributed by atoms with Crippen LogP contribution in [0, 0.1) is 5.82 Å². The van der Waals surface area contributed by atoms with E-state index >= 15 is 0 Å². The van der Waals surface area contributed by atoms with Crippen LogP contribution < -0.4 is 0 Å². The van der Waals surface area contributed by atoms with E-state index in [0.717, 1.165) is 12.0 Å². The Labute approximate surface area is 91.8 Å². The highest BCUT2D eigenvalue weighted by atomic mass is 19.1. The van der Waals surface area contributed by atoms with Crippen LogP contribution in [0.3, 0.4) is 0 Å². The first kappa shape index (κ1) is 10.5. The summed E-state index contributed by atoms with van der Waals surface area (Å²) in [5, 5.41) is 0. The van der Waals surface area contributed by atoms with Crippen LogP contribution in [0.15, 0.2) is 24.8 Å². The SMILES string of the molecule is CCc1nccn1-c1cncc(F)c1C=O. The minimum absolute atomic E-state index is 0.00250. The monoisotopic (exact) mass is 219 g/mol. The predicted octanol–water partition coefficient (Wildman–Crippen LogP) is 1.78. The average molecular weight is 219 g/mol. The Morgan fingerprint density at radius 1 is 1.50 bits per heavy atom. The molecule has 16 heavy (non-hydrogen) atoms. The van der Waals surface area contributed by atoms with Crippen molar-refractivity contribution in [2.45, 2.75) is 13.3 Å². The van der Waals surface area contributed by atoms with Gasteiger partial charge in [-0.25, -0.2) is 9.37 Å². The van der Waals surface area contributed by atoms with E-state index in [1.54, 1.807) is 17.0 Å². The van der Waals surface area contributed by atoms with E-state index < -0.39 is 5.82 Å². The van der Waals surface area contributed by atoms with Gasteiger partial charge in [-0.15, -0.1) is 0 Å². The number of aryl methyl sites for hydroxylation is 1. The second kappa shape index (κ2) is 4.22. The standard InChI is InChI=1S/C11H10FN3O/c1-2-11-14-3-4-15(11)10-6-13-5-9(12)8(10)7-16/h3-7H,2H2,1H3. The number of aromatic nitrogens is 3. The molecular weight excluding hydrogens is 209 g/mol. The number of hydrogen-bond acceptors (Lipinski definition) is 3. The smallest absolute Gasteiger partial charge is 0.155 e. The van der Waals surface area contributed by atoms with E-state index in [-0.39, 0.29) is 5.56 Å². The van der Waals surface area contributed by atoms with Crippen molar-refractivity contribution in [3.8, 4) is 5.69 Å². The molecule has 5 heteroatoms. The molecule has 0 spiro atoms. The lowest BCUT2D eigenvalue weighted by molar-refractivity contribution is 0.111. The molecule has 2 aromatic heterocycles. The number of carbonyl (C=O) groups excluding carboxylic acids is 1. The molecule has 82 valence electrons. The van der Waals surface area contributed by atoms with E-state index in [0.29, 0.717) is 18.4 Å². The molecule has 0 N–H and O–H groups in total. The molecule has 2 rings (SSSR count). The molecule has 2 aromatic rings. The largest absolute Gasteiger partial charge is 0.301 e. The van der Waals surface area contributed by atoms with Gasteiger partial charge in [0, 0.05) is 18.8 Å². The molecule has 0 unspecified atom stereocenters. The third kappa shape index (κ3) is 1.60. The van der Waals surface area contributed by atoms with Gasteiger partial charge in [-0.1, -0.05) is 6.92 Å². The van der Waals surface area contributed by atoms with Crippen molar-refractivity contribution in [3.05, 3.63) is 42.0 Å². The Morgan fingerprint density at radius 2 is 2.31 bits per heavy atom. The third-order valence-corrected chi connectivity index (χ3v) is 2.33. The van der Waals surface area contributed by atoms with Gasteiger partial charge in [-0.05, 0) is 0 Å². The highest BCUT2D eigenvalue weighted by molar-refractivity contribution is 5.80. The van der Waals surface area contributed by atoms with Gasteiger partial charge in [-0.2, -0.15) is 0 Å².